The van der Waals surface area contributed by atoms with Crippen LogP contribution in [0.3, 0.4) is 0 Å². The van der Waals surface area contributed by atoms with Crippen molar-refractivity contribution in [2.45, 2.75) is 18.9 Å². The standard InChI is InChI=1S/C18H19FN4O2/c19-16-4-2-1-3-15(16)17(24)23-11-7-14(8-12-23)22-18(25)21-13-5-9-20-10-6-13/h1-6,9-10,14H,7-8,11-12H2,(H2,20,21,22,25). The Morgan fingerprint density at radius 1 is 1.08 bits per heavy atom. The van der Waals surface area contributed by atoms with Crippen molar-refractivity contribution in [1.29, 1.82) is 0 Å². The summed E-state index contributed by atoms with van der Waals surface area (Å²) in [6.45, 7) is 0.959. The molecule has 0 aliphatic carbocycles. The van der Waals surface area contributed by atoms with Crippen LogP contribution in [0.4, 0.5) is 14.9 Å². The number of rotatable bonds is 3. The van der Waals surface area contributed by atoms with Gasteiger partial charge in [0.25, 0.3) is 5.91 Å². The van der Waals surface area contributed by atoms with E-state index < -0.39 is 5.82 Å². The smallest absolute Gasteiger partial charge is 0.319 e. The third-order valence-corrected chi connectivity index (χ3v) is 4.16. The van der Waals surface area contributed by atoms with Crippen molar-refractivity contribution < 1.29 is 14.0 Å². The molecule has 0 bridgehead atoms. The molecular formula is C18H19FN4O2. The van der Waals surface area contributed by atoms with E-state index in [1.54, 1.807) is 41.6 Å². The number of aromatic nitrogens is 1. The number of benzene rings is 1. The molecule has 0 spiro atoms. The van der Waals surface area contributed by atoms with Gasteiger partial charge in [-0.2, -0.15) is 0 Å². The Balaban J connectivity index is 1.49. The molecule has 1 aliphatic heterocycles. The quantitative estimate of drug-likeness (QED) is 0.900. The van der Waals surface area contributed by atoms with Crippen molar-refractivity contribution in [3.8, 4) is 0 Å². The molecule has 2 aromatic rings. The van der Waals surface area contributed by atoms with Crippen LogP contribution in [0.15, 0.2) is 48.8 Å². The van der Waals surface area contributed by atoms with Crippen molar-refractivity contribution >= 4 is 17.6 Å². The van der Waals surface area contributed by atoms with E-state index >= 15 is 0 Å². The molecule has 1 aromatic heterocycles. The lowest BCUT2D eigenvalue weighted by Gasteiger charge is -2.32. The second-order valence-corrected chi connectivity index (χ2v) is 5.88. The number of urea groups is 1. The Morgan fingerprint density at radius 2 is 1.76 bits per heavy atom. The third kappa shape index (κ3) is 4.32. The minimum absolute atomic E-state index is 0.0218. The Morgan fingerprint density at radius 3 is 2.44 bits per heavy atom. The number of carbonyl (C=O) groups is 2. The molecule has 1 aliphatic rings. The summed E-state index contributed by atoms with van der Waals surface area (Å²) in [5.74, 6) is -0.817. The van der Waals surface area contributed by atoms with E-state index in [0.717, 1.165) is 0 Å². The maximum Gasteiger partial charge on any atom is 0.319 e. The van der Waals surface area contributed by atoms with Gasteiger partial charge in [-0.1, -0.05) is 12.1 Å². The SMILES string of the molecule is O=C(Nc1ccncc1)NC1CCN(C(=O)c2ccccc2F)CC1. The van der Waals surface area contributed by atoms with Crippen molar-refractivity contribution in [2.24, 2.45) is 0 Å². The van der Waals surface area contributed by atoms with E-state index in [9.17, 15) is 14.0 Å². The van der Waals surface area contributed by atoms with Crippen LogP contribution in [0.1, 0.15) is 23.2 Å². The average Bonchev–Trinajstić information content (AvgIpc) is 2.63. The summed E-state index contributed by atoms with van der Waals surface area (Å²) in [6.07, 6.45) is 4.46. The monoisotopic (exact) mass is 342 g/mol. The maximum atomic E-state index is 13.7. The van der Waals surface area contributed by atoms with E-state index in [4.69, 9.17) is 0 Å². The number of halogens is 1. The normalized spacial score (nSPS) is 14.8. The van der Waals surface area contributed by atoms with Gasteiger partial charge in [-0.25, -0.2) is 9.18 Å². The molecule has 3 amide bonds. The molecule has 25 heavy (non-hydrogen) atoms. The highest BCUT2D eigenvalue weighted by molar-refractivity contribution is 5.94. The molecule has 7 heteroatoms. The highest BCUT2D eigenvalue weighted by Gasteiger charge is 2.25. The third-order valence-electron chi connectivity index (χ3n) is 4.16. The predicted octanol–water partition coefficient (Wildman–Crippen LogP) is 2.65. The van der Waals surface area contributed by atoms with Crippen molar-refractivity contribution in [3.63, 3.8) is 0 Å². The Bertz CT molecular complexity index is 746. The lowest BCUT2D eigenvalue weighted by Crippen LogP contribution is -2.47. The lowest BCUT2D eigenvalue weighted by atomic mass is 10.0. The van der Waals surface area contributed by atoms with Gasteiger partial charge in [0.2, 0.25) is 0 Å². The van der Waals surface area contributed by atoms with Gasteiger partial charge in [-0.05, 0) is 37.1 Å². The maximum absolute atomic E-state index is 13.7. The first-order chi connectivity index (χ1) is 12.1. The first kappa shape index (κ1) is 16.9. The fraction of sp³-hybridized carbons (Fsp3) is 0.278. The summed E-state index contributed by atoms with van der Waals surface area (Å²) in [5.41, 5.74) is 0.754. The summed E-state index contributed by atoms with van der Waals surface area (Å²) in [5, 5.41) is 5.63. The largest absolute Gasteiger partial charge is 0.338 e. The van der Waals surface area contributed by atoms with Gasteiger partial charge in [0.05, 0.1) is 5.56 Å². The van der Waals surface area contributed by atoms with Crippen LogP contribution in [0.25, 0.3) is 0 Å². The molecule has 130 valence electrons. The first-order valence-electron chi connectivity index (χ1n) is 8.15. The molecule has 0 saturated carbocycles. The zero-order valence-electron chi connectivity index (χ0n) is 13.6. The van der Waals surface area contributed by atoms with E-state index in [-0.39, 0.29) is 23.5 Å². The van der Waals surface area contributed by atoms with Gasteiger partial charge >= 0.3 is 6.03 Å². The number of carbonyl (C=O) groups excluding carboxylic acids is 2. The second-order valence-electron chi connectivity index (χ2n) is 5.88. The topological polar surface area (TPSA) is 74.3 Å². The van der Waals surface area contributed by atoms with Gasteiger partial charge in [-0.3, -0.25) is 9.78 Å². The number of pyridine rings is 1. The number of piperidine rings is 1. The Kier molecular flexibility index (Phi) is 5.23. The highest BCUT2D eigenvalue weighted by Crippen LogP contribution is 2.16. The van der Waals surface area contributed by atoms with E-state index in [2.05, 4.69) is 15.6 Å². The minimum Gasteiger partial charge on any atom is -0.338 e. The molecule has 0 atom stereocenters. The molecule has 2 N–H and O–H groups in total. The second kappa shape index (κ2) is 7.74. The zero-order valence-corrected chi connectivity index (χ0v) is 13.6. The molecule has 1 saturated heterocycles. The molecule has 0 radical (unpaired) electrons. The van der Waals surface area contributed by atoms with Gasteiger partial charge < -0.3 is 15.5 Å². The van der Waals surface area contributed by atoms with Crippen LogP contribution in [0, 0.1) is 5.82 Å². The Labute approximate surface area is 145 Å². The number of nitrogens with zero attached hydrogens (tertiary/aromatic N) is 2. The van der Waals surface area contributed by atoms with Gasteiger partial charge in [0.1, 0.15) is 5.82 Å². The molecule has 6 nitrogen and oxygen atoms in total. The van der Waals surface area contributed by atoms with Crippen LogP contribution in [0.2, 0.25) is 0 Å². The van der Waals surface area contributed by atoms with Crippen LogP contribution < -0.4 is 10.6 Å². The highest BCUT2D eigenvalue weighted by atomic mass is 19.1. The van der Waals surface area contributed by atoms with E-state index in [0.29, 0.717) is 31.6 Å². The molecule has 3 rings (SSSR count). The van der Waals surface area contributed by atoms with E-state index in [1.807, 2.05) is 0 Å². The van der Waals surface area contributed by atoms with Crippen molar-refractivity contribution in [1.82, 2.24) is 15.2 Å². The van der Waals surface area contributed by atoms with E-state index in [1.165, 1.54) is 12.1 Å². The number of anilines is 1. The van der Waals surface area contributed by atoms with Crippen LogP contribution in [0.5, 0.6) is 0 Å². The summed E-state index contributed by atoms with van der Waals surface area (Å²) in [4.78, 5) is 29.9. The summed E-state index contributed by atoms with van der Waals surface area (Å²) < 4.78 is 13.7. The predicted molar refractivity (Wildman–Crippen MR) is 91.7 cm³/mol. The molecule has 1 aromatic carbocycles. The number of likely N-dealkylation sites (tertiary alicyclic amines) is 1. The van der Waals surface area contributed by atoms with Crippen LogP contribution >= 0.6 is 0 Å². The number of hydrogen-bond donors (Lipinski definition) is 2. The number of hydrogen-bond acceptors (Lipinski definition) is 3. The average molecular weight is 342 g/mol. The first-order valence-corrected chi connectivity index (χ1v) is 8.15. The fourth-order valence-corrected chi connectivity index (χ4v) is 2.82. The molecule has 2 heterocycles. The summed E-state index contributed by atoms with van der Waals surface area (Å²) >= 11 is 0. The summed E-state index contributed by atoms with van der Waals surface area (Å²) in [6, 6.07) is 9.08. The zero-order chi connectivity index (χ0) is 17.6. The number of nitrogens with one attached hydrogen (secondary N) is 2. The minimum atomic E-state index is -0.510. The molecule has 1 fully saturated rings. The fourth-order valence-electron chi connectivity index (χ4n) is 2.82. The Hall–Kier alpha value is -2.96. The van der Waals surface area contributed by atoms with Crippen LogP contribution in [-0.4, -0.2) is 41.0 Å². The molecule has 0 unspecified atom stereocenters. The summed E-state index contributed by atoms with van der Waals surface area (Å²) in [7, 11) is 0. The van der Waals surface area contributed by atoms with Crippen LogP contribution in [-0.2, 0) is 0 Å². The van der Waals surface area contributed by atoms with Gasteiger partial charge in [0.15, 0.2) is 0 Å². The number of amides is 3. The molecular weight excluding hydrogens is 323 g/mol. The van der Waals surface area contributed by atoms with Gasteiger partial charge in [0, 0.05) is 37.2 Å². The van der Waals surface area contributed by atoms with Gasteiger partial charge in [-0.15, -0.1) is 0 Å². The van der Waals surface area contributed by atoms with Crippen molar-refractivity contribution in [3.05, 3.63) is 60.2 Å². The van der Waals surface area contributed by atoms with Crippen molar-refractivity contribution in [2.75, 3.05) is 18.4 Å². The lowest BCUT2D eigenvalue weighted by molar-refractivity contribution is 0.0704.